The summed E-state index contributed by atoms with van der Waals surface area (Å²) >= 11 is 0. The predicted molar refractivity (Wildman–Crippen MR) is 79.6 cm³/mol. The van der Waals surface area contributed by atoms with Gasteiger partial charge in [0.2, 0.25) is 0 Å². The first-order valence-electron chi connectivity index (χ1n) is 6.80. The normalized spacial score (nSPS) is 13.7. The lowest BCUT2D eigenvalue weighted by atomic mass is 9.93. The molecule has 0 bridgehead atoms. The van der Waals surface area contributed by atoms with Crippen molar-refractivity contribution in [1.82, 2.24) is 14.9 Å². The Balaban J connectivity index is 2.15. The van der Waals surface area contributed by atoms with Gasteiger partial charge in [0.1, 0.15) is 5.69 Å². The van der Waals surface area contributed by atoms with E-state index in [4.69, 9.17) is 5.73 Å². The summed E-state index contributed by atoms with van der Waals surface area (Å²) in [6.45, 7) is 2.66. The number of nitrogens with two attached hydrogens (primary N) is 1. The van der Waals surface area contributed by atoms with Gasteiger partial charge in [-0.05, 0) is 12.5 Å². The SMILES string of the molecule is CC(CO)(NC(=O)c1cn(CCN)cn1)c1ccccc1. The number of carbonyl (C=O) groups is 1. The zero-order chi connectivity index (χ0) is 15.3. The fourth-order valence-electron chi connectivity index (χ4n) is 2.07. The Kier molecular flexibility index (Phi) is 4.72. The van der Waals surface area contributed by atoms with Crippen LogP contribution in [-0.4, -0.2) is 33.7 Å². The van der Waals surface area contributed by atoms with Gasteiger partial charge >= 0.3 is 0 Å². The van der Waals surface area contributed by atoms with Crippen LogP contribution in [0.3, 0.4) is 0 Å². The van der Waals surface area contributed by atoms with Crippen molar-refractivity contribution in [3.63, 3.8) is 0 Å². The van der Waals surface area contributed by atoms with Crippen LogP contribution in [-0.2, 0) is 12.1 Å². The molecule has 0 radical (unpaired) electrons. The van der Waals surface area contributed by atoms with Crippen molar-refractivity contribution in [2.75, 3.05) is 13.2 Å². The maximum Gasteiger partial charge on any atom is 0.272 e. The molecule has 0 spiro atoms. The minimum Gasteiger partial charge on any atom is -0.394 e. The first kappa shape index (κ1) is 15.2. The summed E-state index contributed by atoms with van der Waals surface area (Å²) in [7, 11) is 0. The molecule has 6 nitrogen and oxygen atoms in total. The third-order valence-electron chi connectivity index (χ3n) is 3.37. The van der Waals surface area contributed by atoms with Crippen LogP contribution in [0.2, 0.25) is 0 Å². The topological polar surface area (TPSA) is 93.2 Å². The largest absolute Gasteiger partial charge is 0.394 e. The molecular weight excluding hydrogens is 268 g/mol. The van der Waals surface area contributed by atoms with Crippen LogP contribution in [0, 0.1) is 0 Å². The molecular formula is C15H20N4O2. The molecule has 1 heterocycles. The Morgan fingerprint density at radius 2 is 2.14 bits per heavy atom. The Morgan fingerprint density at radius 1 is 1.43 bits per heavy atom. The number of amides is 1. The second-order valence-electron chi connectivity index (χ2n) is 5.10. The van der Waals surface area contributed by atoms with Crippen molar-refractivity contribution in [2.45, 2.75) is 19.0 Å². The average molecular weight is 288 g/mol. The van der Waals surface area contributed by atoms with Crippen molar-refractivity contribution < 1.29 is 9.90 Å². The van der Waals surface area contributed by atoms with E-state index in [1.807, 2.05) is 30.3 Å². The first-order chi connectivity index (χ1) is 10.1. The van der Waals surface area contributed by atoms with Gasteiger partial charge in [-0.2, -0.15) is 0 Å². The molecule has 2 rings (SSSR count). The second-order valence-corrected chi connectivity index (χ2v) is 5.10. The van der Waals surface area contributed by atoms with Gasteiger partial charge < -0.3 is 20.7 Å². The molecule has 21 heavy (non-hydrogen) atoms. The third kappa shape index (κ3) is 3.48. The molecule has 0 aliphatic carbocycles. The van der Waals surface area contributed by atoms with E-state index in [2.05, 4.69) is 10.3 Å². The highest BCUT2D eigenvalue weighted by Gasteiger charge is 2.28. The van der Waals surface area contributed by atoms with Gasteiger partial charge in [0.05, 0.1) is 18.5 Å². The van der Waals surface area contributed by atoms with Gasteiger partial charge in [-0.1, -0.05) is 30.3 Å². The molecule has 0 saturated carbocycles. The predicted octanol–water partition coefficient (Wildman–Crippen LogP) is 0.479. The fraction of sp³-hybridized carbons (Fsp3) is 0.333. The van der Waals surface area contributed by atoms with E-state index in [0.717, 1.165) is 5.56 Å². The number of hydrogen-bond donors (Lipinski definition) is 3. The molecule has 1 amide bonds. The Morgan fingerprint density at radius 3 is 2.76 bits per heavy atom. The molecule has 0 aliphatic rings. The molecule has 6 heteroatoms. The van der Waals surface area contributed by atoms with Gasteiger partial charge in [-0.3, -0.25) is 4.79 Å². The lowest BCUT2D eigenvalue weighted by Crippen LogP contribution is -2.46. The standard InChI is InChI=1S/C15H20N4O2/c1-15(10-20,12-5-3-2-4-6-12)18-14(21)13-9-19(8-7-16)11-17-13/h2-6,9,11,20H,7-8,10,16H2,1H3,(H,18,21). The highest BCUT2D eigenvalue weighted by Crippen LogP contribution is 2.20. The van der Waals surface area contributed by atoms with Crippen LogP contribution < -0.4 is 11.1 Å². The molecule has 1 aromatic carbocycles. The molecule has 0 saturated heterocycles. The average Bonchev–Trinajstić information content (AvgIpc) is 2.97. The molecule has 1 unspecified atom stereocenters. The van der Waals surface area contributed by atoms with Crippen molar-refractivity contribution in [3.8, 4) is 0 Å². The van der Waals surface area contributed by atoms with Gasteiger partial charge in [0.15, 0.2) is 0 Å². The zero-order valence-electron chi connectivity index (χ0n) is 12.0. The smallest absolute Gasteiger partial charge is 0.272 e. The zero-order valence-corrected chi connectivity index (χ0v) is 12.0. The van der Waals surface area contributed by atoms with E-state index in [9.17, 15) is 9.90 Å². The number of carbonyl (C=O) groups excluding carboxylic acids is 1. The summed E-state index contributed by atoms with van der Waals surface area (Å²) in [5, 5.41) is 12.5. The summed E-state index contributed by atoms with van der Waals surface area (Å²) in [4.78, 5) is 16.3. The van der Waals surface area contributed by atoms with Crippen molar-refractivity contribution in [3.05, 3.63) is 54.1 Å². The van der Waals surface area contributed by atoms with Crippen LogP contribution in [0.15, 0.2) is 42.9 Å². The van der Waals surface area contributed by atoms with Crippen molar-refractivity contribution in [1.29, 1.82) is 0 Å². The molecule has 1 aromatic heterocycles. The highest BCUT2D eigenvalue weighted by atomic mass is 16.3. The minimum atomic E-state index is -0.851. The number of aliphatic hydroxyl groups is 1. The van der Waals surface area contributed by atoms with E-state index in [1.165, 1.54) is 0 Å². The van der Waals surface area contributed by atoms with Gasteiger partial charge in [-0.15, -0.1) is 0 Å². The first-order valence-corrected chi connectivity index (χ1v) is 6.80. The molecule has 1 atom stereocenters. The number of nitrogens with one attached hydrogen (secondary N) is 1. The van der Waals surface area contributed by atoms with Crippen LogP contribution in [0.5, 0.6) is 0 Å². The Labute approximate surface area is 123 Å². The summed E-state index contributed by atoms with van der Waals surface area (Å²) in [5.74, 6) is -0.328. The maximum atomic E-state index is 12.3. The number of hydrogen-bond acceptors (Lipinski definition) is 4. The van der Waals surface area contributed by atoms with Gasteiger partial charge in [0, 0.05) is 19.3 Å². The Hall–Kier alpha value is -2.18. The summed E-state index contributed by atoms with van der Waals surface area (Å²) in [6, 6.07) is 9.35. The molecule has 4 N–H and O–H groups in total. The van der Waals surface area contributed by atoms with E-state index < -0.39 is 5.54 Å². The van der Waals surface area contributed by atoms with Gasteiger partial charge in [0.25, 0.3) is 5.91 Å². The van der Waals surface area contributed by atoms with Gasteiger partial charge in [-0.25, -0.2) is 4.98 Å². The lowest BCUT2D eigenvalue weighted by molar-refractivity contribution is 0.0845. The van der Waals surface area contributed by atoms with Crippen LogP contribution in [0.1, 0.15) is 23.0 Å². The summed E-state index contributed by atoms with van der Waals surface area (Å²) < 4.78 is 1.76. The third-order valence-corrected chi connectivity index (χ3v) is 3.37. The minimum absolute atomic E-state index is 0.202. The number of aliphatic hydroxyl groups excluding tert-OH is 1. The van der Waals surface area contributed by atoms with Crippen molar-refractivity contribution in [2.24, 2.45) is 5.73 Å². The number of aromatic nitrogens is 2. The number of nitrogens with zero attached hydrogens (tertiary/aromatic N) is 2. The van der Waals surface area contributed by atoms with Crippen LogP contribution >= 0.6 is 0 Å². The molecule has 112 valence electrons. The fourth-order valence-corrected chi connectivity index (χ4v) is 2.07. The monoisotopic (exact) mass is 288 g/mol. The highest BCUT2D eigenvalue weighted by molar-refractivity contribution is 5.92. The molecule has 0 aliphatic heterocycles. The van der Waals surface area contributed by atoms with Crippen LogP contribution in [0.4, 0.5) is 0 Å². The van der Waals surface area contributed by atoms with E-state index >= 15 is 0 Å². The van der Waals surface area contributed by atoms with Crippen LogP contribution in [0.25, 0.3) is 0 Å². The summed E-state index contributed by atoms with van der Waals surface area (Å²) in [6.07, 6.45) is 3.21. The lowest BCUT2D eigenvalue weighted by Gasteiger charge is -2.29. The summed E-state index contributed by atoms with van der Waals surface area (Å²) in [5.41, 5.74) is 5.75. The van der Waals surface area contributed by atoms with E-state index in [-0.39, 0.29) is 12.5 Å². The van der Waals surface area contributed by atoms with E-state index in [0.29, 0.717) is 18.8 Å². The second kappa shape index (κ2) is 6.51. The number of rotatable bonds is 6. The maximum absolute atomic E-state index is 12.3. The van der Waals surface area contributed by atoms with E-state index in [1.54, 1.807) is 24.0 Å². The van der Waals surface area contributed by atoms with Crippen molar-refractivity contribution >= 4 is 5.91 Å². The number of benzene rings is 1. The Bertz CT molecular complexity index is 597. The molecule has 2 aromatic rings. The quantitative estimate of drug-likeness (QED) is 0.720. The molecule has 0 fully saturated rings. The number of imidazole rings is 1.